The first-order valence-corrected chi connectivity index (χ1v) is 8.54. The Morgan fingerprint density at radius 3 is 2.89 bits per heavy atom. The molecule has 3 rings (SSSR count). The molecule has 0 radical (unpaired) electrons. The zero-order valence-corrected chi connectivity index (χ0v) is 11.9. The maximum absolute atomic E-state index is 12.7. The van der Waals surface area contributed by atoms with Crippen LogP contribution in [0, 0.1) is 5.92 Å². The summed E-state index contributed by atoms with van der Waals surface area (Å²) in [6.45, 7) is 2.98. The summed E-state index contributed by atoms with van der Waals surface area (Å²) in [6, 6.07) is 0.548. The molecule has 2 heterocycles. The number of rotatable bonds is 1. The van der Waals surface area contributed by atoms with Gasteiger partial charge in [-0.15, -0.1) is 0 Å². The fraction of sp³-hybridized carbons (Fsp3) is 0.929. The highest BCUT2D eigenvalue weighted by Gasteiger charge is 2.38. The number of piperidine rings is 1. The first kappa shape index (κ1) is 12.8. The number of fused-ring (bicyclic) bond motifs is 1. The molecular formula is C14H24N2OS. The third-order valence-corrected chi connectivity index (χ3v) is 6.06. The number of hydrogen-bond donors (Lipinski definition) is 1. The predicted molar refractivity (Wildman–Crippen MR) is 75.8 cm³/mol. The molecule has 0 aromatic rings. The number of nitrogens with one attached hydrogen (secondary N) is 1. The van der Waals surface area contributed by atoms with Gasteiger partial charge in [-0.25, -0.2) is 0 Å². The smallest absolute Gasteiger partial charge is 0.227 e. The van der Waals surface area contributed by atoms with Crippen molar-refractivity contribution in [2.45, 2.75) is 49.8 Å². The van der Waals surface area contributed by atoms with E-state index < -0.39 is 0 Å². The third kappa shape index (κ3) is 2.55. The third-order valence-electron chi connectivity index (χ3n) is 4.66. The number of hydrogen-bond acceptors (Lipinski definition) is 3. The number of carbonyl (C=O) groups is 1. The maximum atomic E-state index is 12.7. The van der Waals surface area contributed by atoms with Crippen molar-refractivity contribution < 1.29 is 4.79 Å². The summed E-state index contributed by atoms with van der Waals surface area (Å²) in [5.74, 6) is 1.84. The molecule has 102 valence electrons. The molecule has 0 aromatic heterocycles. The maximum Gasteiger partial charge on any atom is 0.227 e. The molecule has 1 N–H and O–H groups in total. The summed E-state index contributed by atoms with van der Waals surface area (Å²) in [6.07, 6.45) is 7.49. The largest absolute Gasteiger partial charge is 0.337 e. The Labute approximate surface area is 114 Å². The van der Waals surface area contributed by atoms with Crippen molar-refractivity contribution >= 4 is 17.7 Å². The standard InChI is InChI=1S/C14H24N2OS/c17-14(11-4-3-7-15-10-11)16-8-9-18-13-6-2-1-5-12(13)16/h11-13,15H,1-10H2. The van der Waals surface area contributed by atoms with E-state index in [4.69, 9.17) is 0 Å². The lowest BCUT2D eigenvalue weighted by Crippen LogP contribution is -2.54. The van der Waals surface area contributed by atoms with E-state index in [9.17, 15) is 4.79 Å². The van der Waals surface area contributed by atoms with Gasteiger partial charge in [0.15, 0.2) is 0 Å². The first-order chi connectivity index (χ1) is 8.86. The van der Waals surface area contributed by atoms with Crippen molar-refractivity contribution in [1.29, 1.82) is 0 Å². The van der Waals surface area contributed by atoms with Gasteiger partial charge in [-0.1, -0.05) is 12.8 Å². The molecule has 1 saturated carbocycles. The van der Waals surface area contributed by atoms with Crippen LogP contribution in [0.5, 0.6) is 0 Å². The monoisotopic (exact) mass is 268 g/mol. The Hall–Kier alpha value is -0.220. The Balaban J connectivity index is 1.67. The van der Waals surface area contributed by atoms with Crippen LogP contribution in [0.1, 0.15) is 38.5 Å². The molecule has 4 heteroatoms. The Kier molecular flexibility index (Phi) is 4.14. The second-order valence-electron chi connectivity index (χ2n) is 5.84. The van der Waals surface area contributed by atoms with Gasteiger partial charge in [0.25, 0.3) is 0 Å². The Bertz CT molecular complexity index is 302. The van der Waals surface area contributed by atoms with Crippen molar-refractivity contribution in [3.05, 3.63) is 0 Å². The van der Waals surface area contributed by atoms with E-state index in [0.29, 0.717) is 11.9 Å². The Morgan fingerprint density at radius 2 is 2.06 bits per heavy atom. The zero-order valence-electron chi connectivity index (χ0n) is 11.1. The van der Waals surface area contributed by atoms with Crippen LogP contribution in [-0.4, -0.2) is 47.5 Å². The second-order valence-corrected chi connectivity index (χ2v) is 7.18. The Morgan fingerprint density at radius 1 is 1.17 bits per heavy atom. The summed E-state index contributed by atoms with van der Waals surface area (Å²) < 4.78 is 0. The summed E-state index contributed by atoms with van der Waals surface area (Å²) >= 11 is 2.11. The number of amides is 1. The van der Waals surface area contributed by atoms with Gasteiger partial charge in [0.1, 0.15) is 0 Å². The summed E-state index contributed by atoms with van der Waals surface area (Å²) in [7, 11) is 0. The minimum atomic E-state index is 0.254. The molecule has 1 amide bonds. The van der Waals surface area contributed by atoms with Crippen LogP contribution in [0.4, 0.5) is 0 Å². The first-order valence-electron chi connectivity index (χ1n) is 7.49. The van der Waals surface area contributed by atoms with Gasteiger partial charge in [-0.3, -0.25) is 4.79 Å². The zero-order chi connectivity index (χ0) is 12.4. The van der Waals surface area contributed by atoms with Gasteiger partial charge in [-0.2, -0.15) is 11.8 Å². The average molecular weight is 268 g/mol. The lowest BCUT2D eigenvalue weighted by molar-refractivity contribution is -0.139. The summed E-state index contributed by atoms with van der Waals surface area (Å²) in [5, 5.41) is 4.10. The second kappa shape index (κ2) is 5.83. The van der Waals surface area contributed by atoms with E-state index in [0.717, 1.165) is 43.5 Å². The molecule has 3 unspecified atom stereocenters. The van der Waals surface area contributed by atoms with Crippen LogP contribution in [0.3, 0.4) is 0 Å². The lowest BCUT2D eigenvalue weighted by atomic mass is 9.91. The van der Waals surface area contributed by atoms with Crippen molar-refractivity contribution in [2.75, 3.05) is 25.4 Å². The van der Waals surface area contributed by atoms with E-state index in [2.05, 4.69) is 22.0 Å². The molecule has 2 saturated heterocycles. The van der Waals surface area contributed by atoms with Crippen molar-refractivity contribution in [2.24, 2.45) is 5.92 Å². The topological polar surface area (TPSA) is 32.3 Å². The van der Waals surface area contributed by atoms with Crippen LogP contribution in [0.15, 0.2) is 0 Å². The van der Waals surface area contributed by atoms with E-state index >= 15 is 0 Å². The van der Waals surface area contributed by atoms with E-state index in [-0.39, 0.29) is 5.92 Å². The van der Waals surface area contributed by atoms with Gasteiger partial charge in [0.05, 0.1) is 5.92 Å². The average Bonchev–Trinajstić information content (AvgIpc) is 2.47. The minimum Gasteiger partial charge on any atom is -0.337 e. The highest BCUT2D eigenvalue weighted by molar-refractivity contribution is 8.00. The SMILES string of the molecule is O=C(C1CCCNC1)N1CCSC2CCCCC21. The van der Waals surface area contributed by atoms with Gasteiger partial charge in [0.2, 0.25) is 5.91 Å². The quantitative estimate of drug-likeness (QED) is 0.788. The molecule has 18 heavy (non-hydrogen) atoms. The highest BCUT2D eigenvalue weighted by Crippen LogP contribution is 2.36. The van der Waals surface area contributed by atoms with E-state index in [1.54, 1.807) is 0 Å². The van der Waals surface area contributed by atoms with Gasteiger partial charge in [-0.05, 0) is 32.2 Å². The predicted octanol–water partition coefficient (Wildman–Crippen LogP) is 1.87. The summed E-state index contributed by atoms with van der Waals surface area (Å²) in [4.78, 5) is 14.9. The van der Waals surface area contributed by atoms with Crippen molar-refractivity contribution in [1.82, 2.24) is 10.2 Å². The molecule has 1 aliphatic carbocycles. The fourth-order valence-electron chi connectivity index (χ4n) is 3.67. The van der Waals surface area contributed by atoms with Gasteiger partial charge < -0.3 is 10.2 Å². The summed E-state index contributed by atoms with van der Waals surface area (Å²) in [5.41, 5.74) is 0. The molecule has 3 nitrogen and oxygen atoms in total. The van der Waals surface area contributed by atoms with Crippen LogP contribution < -0.4 is 5.32 Å². The number of thioether (sulfide) groups is 1. The van der Waals surface area contributed by atoms with Crippen LogP contribution in [0.25, 0.3) is 0 Å². The normalized spacial score (nSPS) is 37.1. The molecule has 0 aromatic carbocycles. The van der Waals surface area contributed by atoms with Crippen LogP contribution in [-0.2, 0) is 4.79 Å². The van der Waals surface area contributed by atoms with E-state index in [1.807, 2.05) is 0 Å². The molecule has 0 bridgehead atoms. The molecule has 3 fully saturated rings. The molecule has 3 aliphatic rings. The molecule has 0 spiro atoms. The lowest BCUT2D eigenvalue weighted by Gasteiger charge is -2.45. The number of nitrogens with zero attached hydrogens (tertiary/aromatic N) is 1. The van der Waals surface area contributed by atoms with Crippen LogP contribution >= 0.6 is 11.8 Å². The van der Waals surface area contributed by atoms with Gasteiger partial charge in [0, 0.05) is 30.1 Å². The van der Waals surface area contributed by atoms with Crippen molar-refractivity contribution in [3.8, 4) is 0 Å². The highest BCUT2D eigenvalue weighted by atomic mass is 32.2. The van der Waals surface area contributed by atoms with E-state index in [1.165, 1.54) is 25.7 Å². The molecule has 3 atom stereocenters. The number of carbonyl (C=O) groups excluding carboxylic acids is 1. The molecular weight excluding hydrogens is 244 g/mol. The van der Waals surface area contributed by atoms with Crippen LogP contribution in [0.2, 0.25) is 0 Å². The van der Waals surface area contributed by atoms with Crippen molar-refractivity contribution in [3.63, 3.8) is 0 Å². The fourth-order valence-corrected chi connectivity index (χ4v) is 5.11. The van der Waals surface area contributed by atoms with Gasteiger partial charge >= 0.3 is 0 Å². The molecule has 2 aliphatic heterocycles. The minimum absolute atomic E-state index is 0.254.